The third-order valence-electron chi connectivity index (χ3n) is 2.12. The zero-order chi connectivity index (χ0) is 11.5. The molecule has 0 spiro atoms. The summed E-state index contributed by atoms with van der Waals surface area (Å²) >= 11 is 3.35. The zero-order valence-corrected chi connectivity index (χ0v) is 10.1. The van der Waals surface area contributed by atoms with Crippen LogP contribution >= 0.6 is 15.9 Å². The van der Waals surface area contributed by atoms with Crippen LogP contribution in [0.25, 0.3) is 0 Å². The van der Waals surface area contributed by atoms with Gasteiger partial charge in [-0.05, 0) is 24.6 Å². The Bertz CT molecular complexity index is 509. The van der Waals surface area contributed by atoms with Gasteiger partial charge in [0.1, 0.15) is 6.26 Å². The number of nitrogens with zero attached hydrogens (tertiary/aromatic N) is 1. The van der Waals surface area contributed by atoms with Gasteiger partial charge in [0.25, 0.3) is 5.91 Å². The van der Waals surface area contributed by atoms with E-state index in [-0.39, 0.29) is 11.6 Å². The Kier molecular flexibility index (Phi) is 3.05. The summed E-state index contributed by atoms with van der Waals surface area (Å²) in [5.74, 6) is -0.282. The van der Waals surface area contributed by atoms with Gasteiger partial charge in [0.2, 0.25) is 0 Å². The Morgan fingerprint density at radius 3 is 2.94 bits per heavy atom. The fourth-order valence-corrected chi connectivity index (χ4v) is 1.61. The van der Waals surface area contributed by atoms with Gasteiger partial charge >= 0.3 is 0 Å². The van der Waals surface area contributed by atoms with E-state index >= 15 is 0 Å². The van der Waals surface area contributed by atoms with Gasteiger partial charge in [-0.25, -0.2) is 0 Å². The van der Waals surface area contributed by atoms with E-state index in [0.717, 1.165) is 15.7 Å². The standard InChI is InChI=1S/C11H9BrN2O2/c1-7-2-3-8(12)6-10(7)13-11(15)9-4-5-16-14-9/h2-6H,1H3,(H,13,15). The van der Waals surface area contributed by atoms with Crippen molar-refractivity contribution < 1.29 is 9.32 Å². The molecular formula is C11H9BrN2O2. The molecule has 0 atom stereocenters. The highest BCUT2D eigenvalue weighted by molar-refractivity contribution is 9.10. The lowest BCUT2D eigenvalue weighted by molar-refractivity contribution is 0.101. The highest BCUT2D eigenvalue weighted by Gasteiger charge is 2.10. The normalized spacial score (nSPS) is 10.1. The highest BCUT2D eigenvalue weighted by Crippen LogP contribution is 2.21. The lowest BCUT2D eigenvalue weighted by Gasteiger charge is -2.06. The molecule has 1 N–H and O–H groups in total. The summed E-state index contributed by atoms with van der Waals surface area (Å²) < 4.78 is 5.52. The summed E-state index contributed by atoms with van der Waals surface area (Å²) in [6, 6.07) is 7.19. The van der Waals surface area contributed by atoms with Crippen molar-refractivity contribution in [3.05, 3.63) is 46.3 Å². The fraction of sp³-hybridized carbons (Fsp3) is 0.0909. The molecule has 2 rings (SSSR count). The van der Waals surface area contributed by atoms with Crippen LogP contribution in [0.2, 0.25) is 0 Å². The smallest absolute Gasteiger partial charge is 0.277 e. The number of amides is 1. The van der Waals surface area contributed by atoms with Crippen molar-refractivity contribution >= 4 is 27.5 Å². The van der Waals surface area contributed by atoms with E-state index < -0.39 is 0 Å². The fourth-order valence-electron chi connectivity index (χ4n) is 1.24. The highest BCUT2D eigenvalue weighted by atomic mass is 79.9. The number of carbonyl (C=O) groups is 1. The Hall–Kier alpha value is -1.62. The number of aryl methyl sites for hydroxylation is 1. The van der Waals surface area contributed by atoms with Crippen molar-refractivity contribution in [2.24, 2.45) is 0 Å². The van der Waals surface area contributed by atoms with E-state index in [2.05, 4.69) is 30.9 Å². The van der Waals surface area contributed by atoms with Gasteiger partial charge in [-0.2, -0.15) is 0 Å². The molecule has 0 saturated carbocycles. The third-order valence-corrected chi connectivity index (χ3v) is 2.61. The minimum atomic E-state index is -0.282. The minimum Gasteiger partial charge on any atom is -0.364 e. The summed E-state index contributed by atoms with van der Waals surface area (Å²) in [4.78, 5) is 11.7. The van der Waals surface area contributed by atoms with E-state index in [4.69, 9.17) is 0 Å². The van der Waals surface area contributed by atoms with Gasteiger partial charge in [-0.3, -0.25) is 4.79 Å². The van der Waals surface area contributed by atoms with Crippen LogP contribution in [-0.2, 0) is 0 Å². The summed E-state index contributed by atoms with van der Waals surface area (Å²) in [7, 11) is 0. The molecule has 1 amide bonds. The second-order valence-electron chi connectivity index (χ2n) is 3.30. The number of carbonyl (C=O) groups excluding carboxylic acids is 1. The summed E-state index contributed by atoms with van der Waals surface area (Å²) in [5, 5.41) is 6.33. The van der Waals surface area contributed by atoms with Crippen LogP contribution < -0.4 is 5.32 Å². The van der Waals surface area contributed by atoms with Crippen LogP contribution in [0.15, 0.2) is 39.5 Å². The number of benzene rings is 1. The molecule has 1 aromatic carbocycles. The van der Waals surface area contributed by atoms with Crippen LogP contribution in [0.1, 0.15) is 16.1 Å². The first-order chi connectivity index (χ1) is 7.66. The van der Waals surface area contributed by atoms with Crippen LogP contribution in [0.4, 0.5) is 5.69 Å². The maximum Gasteiger partial charge on any atom is 0.277 e. The van der Waals surface area contributed by atoms with Crippen molar-refractivity contribution in [3.63, 3.8) is 0 Å². The molecule has 0 bridgehead atoms. The molecule has 2 aromatic rings. The molecule has 0 aliphatic rings. The first-order valence-electron chi connectivity index (χ1n) is 4.65. The van der Waals surface area contributed by atoms with E-state index in [1.54, 1.807) is 0 Å². The molecule has 1 heterocycles. The molecule has 0 aliphatic heterocycles. The van der Waals surface area contributed by atoms with Crippen molar-refractivity contribution in [2.75, 3.05) is 5.32 Å². The van der Waals surface area contributed by atoms with Gasteiger partial charge < -0.3 is 9.84 Å². The van der Waals surface area contributed by atoms with Crippen molar-refractivity contribution in [1.29, 1.82) is 0 Å². The Labute approximate surface area is 101 Å². The topological polar surface area (TPSA) is 55.1 Å². The predicted molar refractivity (Wildman–Crippen MR) is 63.3 cm³/mol. The van der Waals surface area contributed by atoms with Gasteiger partial charge in [0.05, 0.1) is 0 Å². The first-order valence-corrected chi connectivity index (χ1v) is 5.44. The second kappa shape index (κ2) is 4.49. The molecule has 0 radical (unpaired) electrons. The van der Waals surface area contributed by atoms with Crippen LogP contribution in [-0.4, -0.2) is 11.1 Å². The molecule has 16 heavy (non-hydrogen) atoms. The number of nitrogens with one attached hydrogen (secondary N) is 1. The number of aromatic nitrogens is 1. The Morgan fingerprint density at radius 1 is 1.44 bits per heavy atom. The molecule has 1 aromatic heterocycles. The van der Waals surface area contributed by atoms with E-state index in [1.807, 2.05) is 25.1 Å². The van der Waals surface area contributed by atoms with Gasteiger partial charge in [0, 0.05) is 16.2 Å². The Morgan fingerprint density at radius 2 is 2.25 bits per heavy atom. The van der Waals surface area contributed by atoms with E-state index in [1.165, 1.54) is 12.3 Å². The van der Waals surface area contributed by atoms with Gasteiger partial charge in [-0.15, -0.1) is 0 Å². The average Bonchev–Trinajstić information content (AvgIpc) is 2.76. The number of halogens is 1. The van der Waals surface area contributed by atoms with Crippen molar-refractivity contribution in [3.8, 4) is 0 Å². The lowest BCUT2D eigenvalue weighted by Crippen LogP contribution is -2.12. The maximum absolute atomic E-state index is 11.7. The molecular weight excluding hydrogens is 272 g/mol. The summed E-state index contributed by atoms with van der Waals surface area (Å²) in [6.07, 6.45) is 1.36. The number of hydrogen-bond acceptors (Lipinski definition) is 3. The number of rotatable bonds is 2. The molecule has 0 aliphatic carbocycles. The van der Waals surface area contributed by atoms with Crippen LogP contribution in [0, 0.1) is 6.92 Å². The summed E-state index contributed by atoms with van der Waals surface area (Å²) in [6.45, 7) is 1.92. The minimum absolute atomic E-state index is 0.263. The zero-order valence-electron chi connectivity index (χ0n) is 8.53. The molecule has 5 heteroatoms. The molecule has 82 valence electrons. The second-order valence-corrected chi connectivity index (χ2v) is 4.21. The average molecular weight is 281 g/mol. The van der Waals surface area contributed by atoms with Crippen LogP contribution in [0.3, 0.4) is 0 Å². The van der Waals surface area contributed by atoms with Gasteiger partial charge in [0.15, 0.2) is 5.69 Å². The Balaban J connectivity index is 2.21. The molecule has 0 fully saturated rings. The molecule has 0 saturated heterocycles. The van der Waals surface area contributed by atoms with E-state index in [9.17, 15) is 4.79 Å². The summed E-state index contributed by atoms with van der Waals surface area (Å²) in [5.41, 5.74) is 2.00. The third kappa shape index (κ3) is 2.30. The van der Waals surface area contributed by atoms with Crippen molar-refractivity contribution in [2.45, 2.75) is 6.92 Å². The molecule has 0 unspecified atom stereocenters. The quantitative estimate of drug-likeness (QED) is 0.920. The maximum atomic E-state index is 11.7. The number of anilines is 1. The largest absolute Gasteiger partial charge is 0.364 e. The monoisotopic (exact) mass is 280 g/mol. The van der Waals surface area contributed by atoms with Gasteiger partial charge in [-0.1, -0.05) is 27.2 Å². The number of hydrogen-bond donors (Lipinski definition) is 1. The molecule has 4 nitrogen and oxygen atoms in total. The predicted octanol–water partition coefficient (Wildman–Crippen LogP) is 3.00. The van der Waals surface area contributed by atoms with Crippen LogP contribution in [0.5, 0.6) is 0 Å². The SMILES string of the molecule is Cc1ccc(Br)cc1NC(=O)c1ccon1. The first kappa shape index (κ1) is 10.9. The lowest BCUT2D eigenvalue weighted by atomic mass is 10.2. The van der Waals surface area contributed by atoms with E-state index in [0.29, 0.717) is 0 Å². The van der Waals surface area contributed by atoms with Crippen molar-refractivity contribution in [1.82, 2.24) is 5.16 Å².